The molecule has 5 fully saturated rings. The van der Waals surface area contributed by atoms with Gasteiger partial charge in [0.2, 0.25) is 5.91 Å². The van der Waals surface area contributed by atoms with E-state index in [1.807, 2.05) is 36.2 Å². The van der Waals surface area contributed by atoms with Crippen LogP contribution >= 0.6 is 11.6 Å². The number of rotatable bonds is 8. The predicted molar refractivity (Wildman–Crippen MR) is 219 cm³/mol. The average molecular weight is 792 g/mol. The van der Waals surface area contributed by atoms with Crippen LogP contribution in [0.1, 0.15) is 132 Å². The van der Waals surface area contributed by atoms with E-state index in [2.05, 4.69) is 53.4 Å². The summed E-state index contributed by atoms with van der Waals surface area (Å²) >= 11 is 6.21. The average Bonchev–Trinajstić information content (AvgIpc) is 3.41. The van der Waals surface area contributed by atoms with Crippen molar-refractivity contribution in [2.45, 2.75) is 145 Å². The highest BCUT2D eigenvalue weighted by atomic mass is 35.5. The summed E-state index contributed by atoms with van der Waals surface area (Å²) in [4.78, 5) is 57.6. The second-order valence-corrected chi connectivity index (χ2v) is 21.8. The third kappa shape index (κ3) is 6.23. The van der Waals surface area contributed by atoms with E-state index in [0.717, 1.165) is 69.0 Å². The van der Waals surface area contributed by atoms with Gasteiger partial charge in [0.05, 0.1) is 24.4 Å². The molecule has 0 spiro atoms. The number of halogens is 1. The quantitative estimate of drug-likeness (QED) is 0.262. The number of hydrogen-bond donors (Lipinski definition) is 1. The van der Waals surface area contributed by atoms with E-state index in [0.29, 0.717) is 42.2 Å². The van der Waals surface area contributed by atoms with Crippen molar-refractivity contribution in [2.75, 3.05) is 20.1 Å². The first-order valence-electron chi connectivity index (χ1n) is 21.4. The molecule has 1 aromatic carbocycles. The molecule has 7 rings (SSSR count). The SMILES string of the molecule is CC(C)C1=C2[C@H]3CC[C@@H]4[C@@]5(C)CC[C@H](OC(=O)CC(C)(C)C(=O)O)C(C)(C)[C@@H]5CC[C@@]4(C)[C@]3(C)CC[C@@]2(C2CN(Cc3ccc(Cl)cc3)CC(=O)N2C)CC1=O. The van der Waals surface area contributed by atoms with Crippen LogP contribution in [0.3, 0.4) is 0 Å². The molecular weight excluding hydrogens is 724 g/mol. The number of hydrogen-bond acceptors (Lipinski definition) is 6. The van der Waals surface area contributed by atoms with Gasteiger partial charge in [-0.3, -0.25) is 24.1 Å². The van der Waals surface area contributed by atoms with Gasteiger partial charge in [-0.25, -0.2) is 0 Å². The molecule has 9 heteroatoms. The standard InChI is InChI=1S/C47H67ClN2O6/c1-28(2)39-32(51)23-47(35-26-50(27-37(52)49(35)10)25-29-11-13-30(48)14-12-29)22-21-45(8)31(40(39)47)15-16-34-44(7)19-18-36(56-38(53)24-42(3,4)41(54)55)43(5,6)33(44)17-20-46(34,45)9/h11-14,28,31,33-36H,15-27H2,1-10H3,(H,54,55)/t31-,33+,34-,35?,36+,44+,45-,46-,47+/m1/s1. The number of benzene rings is 1. The van der Waals surface area contributed by atoms with Gasteiger partial charge in [-0.15, -0.1) is 0 Å². The summed E-state index contributed by atoms with van der Waals surface area (Å²) in [6.45, 7) is 21.6. The molecule has 56 heavy (non-hydrogen) atoms. The van der Waals surface area contributed by atoms with Crippen molar-refractivity contribution >= 4 is 35.2 Å². The van der Waals surface area contributed by atoms with Gasteiger partial charge in [0.1, 0.15) is 6.10 Å². The first-order valence-corrected chi connectivity index (χ1v) is 21.8. The minimum Gasteiger partial charge on any atom is -0.481 e. The molecule has 6 aliphatic rings. The third-order valence-electron chi connectivity index (χ3n) is 17.5. The molecule has 1 unspecified atom stereocenters. The fraction of sp³-hybridized carbons (Fsp3) is 0.745. The van der Waals surface area contributed by atoms with Crippen LogP contribution in [-0.2, 0) is 30.5 Å². The maximum absolute atomic E-state index is 14.4. The molecule has 0 aromatic heterocycles. The molecule has 5 aliphatic carbocycles. The van der Waals surface area contributed by atoms with Crippen LogP contribution in [0.25, 0.3) is 0 Å². The van der Waals surface area contributed by atoms with Crippen molar-refractivity contribution in [3.8, 4) is 0 Å². The van der Waals surface area contributed by atoms with Crippen molar-refractivity contribution < 1.29 is 29.0 Å². The van der Waals surface area contributed by atoms with Crippen LogP contribution in [0.15, 0.2) is 35.4 Å². The number of aliphatic carboxylic acids is 1. The van der Waals surface area contributed by atoms with Gasteiger partial charge in [0, 0.05) is 42.4 Å². The topological polar surface area (TPSA) is 104 Å². The number of fused-ring (bicyclic) bond motifs is 7. The summed E-state index contributed by atoms with van der Waals surface area (Å²) in [6, 6.07) is 7.84. The van der Waals surface area contributed by atoms with Gasteiger partial charge in [-0.05, 0) is 128 Å². The molecule has 308 valence electrons. The number of likely N-dealkylation sites (N-methyl/N-ethyl adjacent to an activating group) is 1. The Balaban J connectivity index is 1.19. The predicted octanol–water partition coefficient (Wildman–Crippen LogP) is 9.38. The third-order valence-corrected chi connectivity index (χ3v) is 17.7. The van der Waals surface area contributed by atoms with Gasteiger partial charge >= 0.3 is 11.9 Å². The number of Topliss-reactive ketones (excluding diaryl/α,β-unsaturated/α-hetero) is 1. The van der Waals surface area contributed by atoms with E-state index < -0.39 is 17.4 Å². The fourth-order valence-electron chi connectivity index (χ4n) is 14.3. The van der Waals surface area contributed by atoms with Gasteiger partial charge in [0.15, 0.2) is 5.78 Å². The molecule has 1 aliphatic heterocycles. The number of carbonyl (C=O) groups is 4. The molecule has 1 amide bonds. The van der Waals surface area contributed by atoms with E-state index in [1.54, 1.807) is 13.8 Å². The first-order chi connectivity index (χ1) is 26.0. The highest BCUT2D eigenvalue weighted by Crippen LogP contribution is 2.77. The lowest BCUT2D eigenvalue weighted by Crippen LogP contribution is -2.67. The Morgan fingerprint density at radius 3 is 2.25 bits per heavy atom. The number of allylic oxidation sites excluding steroid dienone is 1. The highest BCUT2D eigenvalue weighted by Gasteiger charge is 2.71. The number of nitrogens with zero attached hydrogens (tertiary/aromatic N) is 2. The lowest BCUT2D eigenvalue weighted by atomic mass is 9.32. The number of ketones is 1. The van der Waals surface area contributed by atoms with Gasteiger partial charge in [0.25, 0.3) is 0 Å². The Kier molecular flexibility index (Phi) is 10.3. The first kappa shape index (κ1) is 41.4. The van der Waals surface area contributed by atoms with Crippen LogP contribution in [0.5, 0.6) is 0 Å². The van der Waals surface area contributed by atoms with Crippen molar-refractivity contribution in [1.29, 1.82) is 0 Å². The molecular formula is C47H67ClN2O6. The maximum Gasteiger partial charge on any atom is 0.309 e. The molecule has 1 heterocycles. The van der Waals surface area contributed by atoms with Crippen molar-refractivity contribution in [1.82, 2.24) is 9.80 Å². The van der Waals surface area contributed by atoms with Gasteiger partial charge in [-0.2, -0.15) is 0 Å². The van der Waals surface area contributed by atoms with Crippen molar-refractivity contribution in [3.05, 3.63) is 46.0 Å². The summed E-state index contributed by atoms with van der Waals surface area (Å²) in [5.41, 5.74) is 1.89. The lowest BCUT2D eigenvalue weighted by Gasteiger charge is -2.72. The van der Waals surface area contributed by atoms with Gasteiger partial charge in [-0.1, -0.05) is 77.8 Å². The molecule has 0 radical (unpaired) electrons. The fourth-order valence-corrected chi connectivity index (χ4v) is 14.5. The van der Waals surface area contributed by atoms with E-state index in [-0.39, 0.29) is 63.4 Å². The number of carbonyl (C=O) groups excluding carboxylic acids is 3. The van der Waals surface area contributed by atoms with Gasteiger partial charge < -0.3 is 14.7 Å². The summed E-state index contributed by atoms with van der Waals surface area (Å²) in [7, 11) is 1.98. The van der Waals surface area contributed by atoms with Crippen LogP contribution in [0.2, 0.25) is 5.02 Å². The largest absolute Gasteiger partial charge is 0.481 e. The summed E-state index contributed by atoms with van der Waals surface area (Å²) in [5, 5.41) is 10.4. The Morgan fingerprint density at radius 2 is 1.61 bits per heavy atom. The summed E-state index contributed by atoms with van der Waals surface area (Å²) < 4.78 is 6.20. The minimum absolute atomic E-state index is 0.0103. The molecule has 1 aromatic rings. The zero-order valence-electron chi connectivity index (χ0n) is 35.7. The molecule has 4 saturated carbocycles. The molecule has 1 saturated heterocycles. The number of amides is 1. The second kappa shape index (κ2) is 14.0. The number of piperazine rings is 1. The summed E-state index contributed by atoms with van der Waals surface area (Å²) in [5.74, 6) is 0.250. The van der Waals surface area contributed by atoms with Crippen LogP contribution in [-0.4, -0.2) is 70.8 Å². The Morgan fingerprint density at radius 1 is 0.929 bits per heavy atom. The molecule has 8 nitrogen and oxygen atoms in total. The zero-order chi connectivity index (χ0) is 41.0. The zero-order valence-corrected chi connectivity index (χ0v) is 36.5. The monoisotopic (exact) mass is 790 g/mol. The summed E-state index contributed by atoms with van der Waals surface area (Å²) in [6.07, 6.45) is 8.08. The van der Waals surface area contributed by atoms with E-state index >= 15 is 0 Å². The number of ether oxygens (including phenoxy) is 1. The van der Waals surface area contributed by atoms with Crippen LogP contribution in [0, 0.1) is 56.2 Å². The normalized spacial score (nSPS) is 38.5. The lowest BCUT2D eigenvalue weighted by molar-refractivity contribution is -0.234. The van der Waals surface area contributed by atoms with E-state index in [4.69, 9.17) is 16.3 Å². The van der Waals surface area contributed by atoms with Crippen LogP contribution in [0.4, 0.5) is 0 Å². The van der Waals surface area contributed by atoms with E-state index in [9.17, 15) is 24.3 Å². The number of carboxylic acid groups (broad SMARTS) is 1. The maximum atomic E-state index is 14.4. The minimum atomic E-state index is -1.17. The number of carboxylic acids is 1. The van der Waals surface area contributed by atoms with Crippen LogP contribution < -0.4 is 0 Å². The van der Waals surface area contributed by atoms with Crippen molar-refractivity contribution in [3.63, 3.8) is 0 Å². The molecule has 9 atom stereocenters. The molecule has 0 bridgehead atoms. The highest BCUT2D eigenvalue weighted by molar-refractivity contribution is 6.30. The Labute approximate surface area is 340 Å². The van der Waals surface area contributed by atoms with E-state index in [1.165, 1.54) is 5.57 Å². The molecule has 1 N–H and O–H groups in total. The smallest absolute Gasteiger partial charge is 0.309 e. The Bertz CT molecular complexity index is 1820. The Hall–Kier alpha value is -2.71. The second-order valence-electron chi connectivity index (χ2n) is 21.4. The van der Waals surface area contributed by atoms with Crippen molar-refractivity contribution in [2.24, 2.45) is 56.2 Å². The number of esters is 1.